The molecule has 1 aromatic heterocycles. The van der Waals surface area contributed by atoms with Crippen LogP contribution in [0.2, 0.25) is 0 Å². The Labute approximate surface area is 157 Å². The zero-order valence-corrected chi connectivity index (χ0v) is 15.8. The van der Waals surface area contributed by atoms with Gasteiger partial charge in [0.05, 0.1) is 30.0 Å². The number of amides is 2. The van der Waals surface area contributed by atoms with Crippen molar-refractivity contribution in [1.82, 2.24) is 9.78 Å². The van der Waals surface area contributed by atoms with E-state index in [1.165, 1.54) is 0 Å². The van der Waals surface area contributed by atoms with Gasteiger partial charge in [0.2, 0.25) is 5.91 Å². The third kappa shape index (κ3) is 3.40. The minimum Gasteiger partial charge on any atom is -0.462 e. The molecule has 0 saturated carbocycles. The van der Waals surface area contributed by atoms with Gasteiger partial charge in [0.15, 0.2) is 0 Å². The first-order valence-corrected chi connectivity index (χ1v) is 8.68. The second-order valence-electron chi connectivity index (χ2n) is 6.36. The fourth-order valence-electron chi connectivity index (χ4n) is 3.08. The van der Waals surface area contributed by atoms with Crippen molar-refractivity contribution in [2.75, 3.05) is 11.5 Å². The van der Waals surface area contributed by atoms with E-state index in [1.54, 1.807) is 41.9 Å². The Morgan fingerprint density at radius 2 is 1.89 bits per heavy atom. The molecule has 1 aromatic carbocycles. The quantitative estimate of drug-likeness (QED) is 0.471. The van der Waals surface area contributed by atoms with Crippen LogP contribution in [-0.4, -0.2) is 34.2 Å². The van der Waals surface area contributed by atoms with E-state index in [2.05, 4.69) is 5.10 Å². The maximum absolute atomic E-state index is 12.8. The van der Waals surface area contributed by atoms with Crippen LogP contribution in [0.5, 0.6) is 0 Å². The molecule has 1 saturated heterocycles. The van der Waals surface area contributed by atoms with E-state index in [9.17, 15) is 14.4 Å². The van der Waals surface area contributed by atoms with Crippen LogP contribution >= 0.6 is 0 Å². The molecule has 7 nitrogen and oxygen atoms in total. The molecule has 3 rings (SSSR count). The molecular weight excluding hydrogens is 346 g/mol. The van der Waals surface area contributed by atoms with E-state index in [0.29, 0.717) is 16.8 Å². The summed E-state index contributed by atoms with van der Waals surface area (Å²) in [5, 5.41) is 4.33. The molecule has 1 fully saturated rings. The summed E-state index contributed by atoms with van der Waals surface area (Å²) in [4.78, 5) is 38.1. The van der Waals surface area contributed by atoms with Crippen LogP contribution in [0.25, 0.3) is 6.08 Å². The number of rotatable bonds is 4. The van der Waals surface area contributed by atoms with Crippen molar-refractivity contribution in [3.63, 3.8) is 0 Å². The summed E-state index contributed by atoms with van der Waals surface area (Å²) in [5.74, 6) is -1.09. The maximum atomic E-state index is 12.8. The van der Waals surface area contributed by atoms with Crippen LogP contribution < -0.4 is 4.90 Å². The number of carbonyl (C=O) groups excluding carboxylic acids is 3. The van der Waals surface area contributed by atoms with Gasteiger partial charge in [-0.25, -0.2) is 9.69 Å². The number of carbonyl (C=O) groups is 3. The monoisotopic (exact) mass is 367 g/mol. The zero-order valence-electron chi connectivity index (χ0n) is 15.8. The van der Waals surface area contributed by atoms with E-state index < -0.39 is 5.97 Å². The number of ether oxygens (including phenoxy) is 1. The topological polar surface area (TPSA) is 81.5 Å². The molecule has 27 heavy (non-hydrogen) atoms. The number of imide groups is 1. The van der Waals surface area contributed by atoms with E-state index in [1.807, 2.05) is 20.9 Å². The number of benzene rings is 1. The Morgan fingerprint density at radius 1 is 1.22 bits per heavy atom. The standard InChI is InChI=1S/C20H21N3O4/c1-5-27-20(26)14-6-8-16(9-7-14)23-18(24)11-15(19(23)25)10-17-12(2)21-22(4)13(17)3/h6-10H,5,11H2,1-4H3. The molecule has 2 aromatic rings. The van der Waals surface area contributed by atoms with E-state index in [4.69, 9.17) is 4.74 Å². The average Bonchev–Trinajstić information content (AvgIpc) is 3.05. The van der Waals surface area contributed by atoms with Gasteiger partial charge >= 0.3 is 5.97 Å². The van der Waals surface area contributed by atoms with Crippen LogP contribution in [0.3, 0.4) is 0 Å². The van der Waals surface area contributed by atoms with Crippen molar-refractivity contribution in [2.45, 2.75) is 27.2 Å². The van der Waals surface area contributed by atoms with Crippen LogP contribution in [0.15, 0.2) is 29.8 Å². The molecule has 2 amide bonds. The second kappa shape index (κ2) is 7.19. The fourth-order valence-corrected chi connectivity index (χ4v) is 3.08. The zero-order chi connectivity index (χ0) is 19.7. The van der Waals surface area contributed by atoms with Gasteiger partial charge < -0.3 is 4.74 Å². The normalized spacial score (nSPS) is 15.7. The number of aromatic nitrogens is 2. The second-order valence-corrected chi connectivity index (χ2v) is 6.36. The first kappa shape index (κ1) is 18.6. The summed E-state index contributed by atoms with van der Waals surface area (Å²) in [5.41, 5.74) is 3.82. The minimum atomic E-state index is -0.439. The number of hydrogen-bond donors (Lipinski definition) is 0. The highest BCUT2D eigenvalue weighted by molar-refractivity contribution is 6.29. The van der Waals surface area contributed by atoms with Crippen molar-refractivity contribution >= 4 is 29.5 Å². The molecule has 0 N–H and O–H groups in total. The van der Waals surface area contributed by atoms with Crippen LogP contribution in [-0.2, 0) is 21.4 Å². The molecular formula is C20H21N3O4. The minimum absolute atomic E-state index is 0.0340. The Hall–Kier alpha value is -3.22. The summed E-state index contributed by atoms with van der Waals surface area (Å²) in [7, 11) is 1.84. The number of nitrogens with zero attached hydrogens (tertiary/aromatic N) is 3. The first-order valence-electron chi connectivity index (χ1n) is 8.68. The van der Waals surface area contributed by atoms with Crippen LogP contribution in [0.4, 0.5) is 5.69 Å². The van der Waals surface area contributed by atoms with E-state index >= 15 is 0 Å². The molecule has 140 valence electrons. The van der Waals surface area contributed by atoms with Crippen molar-refractivity contribution in [3.05, 3.63) is 52.4 Å². The SMILES string of the molecule is CCOC(=O)c1ccc(N2C(=O)CC(=Cc3c(C)nn(C)c3C)C2=O)cc1. The fraction of sp³-hybridized carbons (Fsp3) is 0.300. The highest BCUT2D eigenvalue weighted by atomic mass is 16.5. The van der Waals surface area contributed by atoms with Gasteiger partial charge in [-0.3, -0.25) is 14.3 Å². The molecule has 0 radical (unpaired) electrons. The third-order valence-electron chi connectivity index (χ3n) is 4.59. The summed E-state index contributed by atoms with van der Waals surface area (Å²) >= 11 is 0. The lowest BCUT2D eigenvalue weighted by Gasteiger charge is -2.13. The van der Waals surface area contributed by atoms with Crippen molar-refractivity contribution in [3.8, 4) is 0 Å². The van der Waals surface area contributed by atoms with Crippen LogP contribution in [0.1, 0.15) is 40.7 Å². The summed E-state index contributed by atoms with van der Waals surface area (Å²) < 4.78 is 6.68. The predicted molar refractivity (Wildman–Crippen MR) is 100 cm³/mol. The van der Waals surface area contributed by atoms with E-state index in [-0.39, 0.29) is 24.8 Å². The molecule has 2 heterocycles. The van der Waals surface area contributed by atoms with Crippen molar-refractivity contribution in [1.29, 1.82) is 0 Å². The van der Waals surface area contributed by atoms with Gasteiger partial charge in [-0.05, 0) is 51.1 Å². The maximum Gasteiger partial charge on any atom is 0.338 e. The third-order valence-corrected chi connectivity index (χ3v) is 4.59. The summed E-state index contributed by atoms with van der Waals surface area (Å²) in [6, 6.07) is 6.24. The Balaban J connectivity index is 1.88. The summed E-state index contributed by atoms with van der Waals surface area (Å²) in [6.07, 6.45) is 1.77. The highest BCUT2D eigenvalue weighted by Gasteiger charge is 2.35. The smallest absolute Gasteiger partial charge is 0.338 e. The van der Waals surface area contributed by atoms with Gasteiger partial charge in [-0.1, -0.05) is 0 Å². The van der Waals surface area contributed by atoms with Crippen LogP contribution in [0, 0.1) is 13.8 Å². The molecule has 0 bridgehead atoms. The lowest BCUT2D eigenvalue weighted by atomic mass is 10.1. The molecule has 1 aliphatic rings. The van der Waals surface area contributed by atoms with E-state index in [0.717, 1.165) is 21.9 Å². The number of esters is 1. The number of aryl methyl sites for hydroxylation is 2. The largest absolute Gasteiger partial charge is 0.462 e. The molecule has 0 spiro atoms. The van der Waals surface area contributed by atoms with Gasteiger partial charge in [0.1, 0.15) is 0 Å². The van der Waals surface area contributed by atoms with Gasteiger partial charge in [0.25, 0.3) is 5.91 Å². The molecule has 0 unspecified atom stereocenters. The lowest BCUT2D eigenvalue weighted by molar-refractivity contribution is -0.120. The number of hydrogen-bond acceptors (Lipinski definition) is 5. The van der Waals surface area contributed by atoms with Gasteiger partial charge in [-0.2, -0.15) is 5.10 Å². The van der Waals surface area contributed by atoms with Gasteiger partial charge in [-0.15, -0.1) is 0 Å². The highest BCUT2D eigenvalue weighted by Crippen LogP contribution is 2.29. The average molecular weight is 367 g/mol. The lowest BCUT2D eigenvalue weighted by Crippen LogP contribution is -2.28. The Kier molecular flexibility index (Phi) is 4.94. The molecule has 0 atom stereocenters. The van der Waals surface area contributed by atoms with Crippen molar-refractivity contribution in [2.24, 2.45) is 7.05 Å². The molecule has 1 aliphatic heterocycles. The van der Waals surface area contributed by atoms with Gasteiger partial charge in [0, 0.05) is 23.9 Å². The predicted octanol–water partition coefficient (Wildman–Crippen LogP) is 2.56. The summed E-state index contributed by atoms with van der Waals surface area (Å²) in [6.45, 7) is 5.80. The van der Waals surface area contributed by atoms with Crippen molar-refractivity contribution < 1.29 is 19.1 Å². The number of anilines is 1. The first-order chi connectivity index (χ1) is 12.8. The Morgan fingerprint density at radius 3 is 2.44 bits per heavy atom. The molecule has 0 aliphatic carbocycles. The molecule has 7 heteroatoms. The Bertz CT molecular complexity index is 954.